The van der Waals surface area contributed by atoms with Gasteiger partial charge in [-0.25, -0.2) is 0 Å². The number of hydrogen-bond donors (Lipinski definition) is 2. The molecule has 0 aliphatic carbocycles. The Morgan fingerprint density at radius 3 is 2.53 bits per heavy atom. The molecule has 0 saturated carbocycles. The molecule has 2 aromatic rings. The van der Waals surface area contributed by atoms with Crippen molar-refractivity contribution in [2.45, 2.75) is 10.6 Å². The summed E-state index contributed by atoms with van der Waals surface area (Å²) in [4.78, 5) is 0.997. The Bertz CT molecular complexity index is 599. The topological polar surface area (TPSA) is 49.9 Å². The molecule has 0 amide bonds. The van der Waals surface area contributed by atoms with Crippen molar-refractivity contribution in [3.8, 4) is 0 Å². The van der Waals surface area contributed by atoms with Crippen molar-refractivity contribution in [1.82, 2.24) is 0 Å². The zero-order valence-corrected chi connectivity index (χ0v) is 13.1. The second kappa shape index (κ2) is 6.46. The number of nitrogen functional groups attached to an aromatic ring is 1. The van der Waals surface area contributed by atoms with Crippen molar-refractivity contribution in [2.75, 3.05) is 0 Å². The Kier molecular flexibility index (Phi) is 4.91. The van der Waals surface area contributed by atoms with Gasteiger partial charge in [-0.05, 0) is 35.9 Å². The second-order valence-electron chi connectivity index (χ2n) is 3.97. The fourth-order valence-electron chi connectivity index (χ4n) is 1.58. The predicted molar refractivity (Wildman–Crippen MR) is 86.2 cm³/mol. The molecule has 0 radical (unpaired) electrons. The van der Waals surface area contributed by atoms with Crippen LogP contribution in [0.4, 0.5) is 0 Å². The summed E-state index contributed by atoms with van der Waals surface area (Å²) in [7, 11) is 0. The van der Waals surface area contributed by atoms with E-state index in [0.29, 0.717) is 0 Å². The lowest BCUT2D eigenvalue weighted by Crippen LogP contribution is -2.12. The van der Waals surface area contributed by atoms with Crippen LogP contribution in [-0.4, -0.2) is 5.84 Å². The molecule has 0 fully saturated rings. The molecule has 98 valence electrons. The first-order valence-electron chi connectivity index (χ1n) is 5.57. The first-order valence-corrected chi connectivity index (χ1v) is 7.73. The Hall–Kier alpha value is -0.970. The van der Waals surface area contributed by atoms with Gasteiger partial charge >= 0.3 is 0 Å². The van der Waals surface area contributed by atoms with E-state index in [4.69, 9.17) is 22.7 Å². The molecular weight excluding hydrogens is 344 g/mol. The van der Waals surface area contributed by atoms with Gasteiger partial charge in [-0.3, -0.25) is 5.41 Å². The van der Waals surface area contributed by atoms with Crippen molar-refractivity contribution < 1.29 is 0 Å². The van der Waals surface area contributed by atoms with E-state index in [2.05, 4.69) is 15.9 Å². The average Bonchev–Trinajstić information content (AvgIpc) is 2.38. The van der Waals surface area contributed by atoms with Gasteiger partial charge in [-0.1, -0.05) is 39.7 Å². The highest BCUT2D eigenvalue weighted by atomic mass is 79.9. The third-order valence-corrected chi connectivity index (χ3v) is 4.41. The first kappa shape index (κ1) is 14.4. The van der Waals surface area contributed by atoms with Crippen LogP contribution in [-0.2, 0) is 5.75 Å². The number of thioether (sulfide) groups is 1. The van der Waals surface area contributed by atoms with Gasteiger partial charge in [-0.15, -0.1) is 11.8 Å². The van der Waals surface area contributed by atoms with Crippen molar-refractivity contribution in [2.24, 2.45) is 5.73 Å². The summed E-state index contributed by atoms with van der Waals surface area (Å²) >= 11 is 11.0. The van der Waals surface area contributed by atoms with Crippen LogP contribution in [0.1, 0.15) is 11.1 Å². The van der Waals surface area contributed by atoms with E-state index in [9.17, 15) is 0 Å². The zero-order chi connectivity index (χ0) is 13.8. The standard InChI is InChI=1S/C14H12BrClN2S/c15-10-3-6-12(14(17)18)13(7-10)19-8-9-1-4-11(16)5-2-9/h1-7H,8H2,(H3,17,18). The first-order chi connectivity index (χ1) is 9.06. The lowest BCUT2D eigenvalue weighted by Gasteiger charge is -2.08. The van der Waals surface area contributed by atoms with Crippen LogP contribution >= 0.6 is 39.3 Å². The van der Waals surface area contributed by atoms with Crippen LogP contribution in [0.15, 0.2) is 51.8 Å². The number of rotatable bonds is 4. The summed E-state index contributed by atoms with van der Waals surface area (Å²) < 4.78 is 0.983. The maximum absolute atomic E-state index is 7.59. The molecule has 2 nitrogen and oxygen atoms in total. The van der Waals surface area contributed by atoms with Crippen LogP contribution in [0.2, 0.25) is 5.02 Å². The average molecular weight is 356 g/mol. The van der Waals surface area contributed by atoms with E-state index in [1.807, 2.05) is 42.5 Å². The normalized spacial score (nSPS) is 10.4. The molecule has 5 heteroatoms. The van der Waals surface area contributed by atoms with E-state index in [-0.39, 0.29) is 5.84 Å². The van der Waals surface area contributed by atoms with E-state index in [1.54, 1.807) is 11.8 Å². The molecule has 19 heavy (non-hydrogen) atoms. The van der Waals surface area contributed by atoms with Gasteiger partial charge < -0.3 is 5.73 Å². The third kappa shape index (κ3) is 4.00. The Morgan fingerprint density at radius 1 is 1.21 bits per heavy atom. The number of hydrogen-bond acceptors (Lipinski definition) is 2. The minimum absolute atomic E-state index is 0.0890. The third-order valence-electron chi connectivity index (χ3n) is 2.54. The maximum atomic E-state index is 7.59. The molecule has 0 saturated heterocycles. The molecule has 0 unspecified atom stereocenters. The highest BCUT2D eigenvalue weighted by Crippen LogP contribution is 2.29. The molecule has 0 aromatic heterocycles. The van der Waals surface area contributed by atoms with E-state index in [0.717, 1.165) is 25.7 Å². The van der Waals surface area contributed by atoms with Crippen LogP contribution in [0.5, 0.6) is 0 Å². The molecule has 0 aliphatic heterocycles. The predicted octanol–water partition coefficient (Wildman–Crippen LogP) is 4.68. The Labute approximate surface area is 130 Å². The van der Waals surface area contributed by atoms with Gasteiger partial charge in [0.2, 0.25) is 0 Å². The Morgan fingerprint density at radius 2 is 1.89 bits per heavy atom. The van der Waals surface area contributed by atoms with Crippen molar-refractivity contribution in [3.05, 3.63) is 63.1 Å². The Balaban J connectivity index is 2.16. The molecule has 0 atom stereocenters. The molecule has 2 rings (SSSR count). The van der Waals surface area contributed by atoms with E-state index in [1.165, 1.54) is 5.56 Å². The van der Waals surface area contributed by atoms with Crippen molar-refractivity contribution in [3.63, 3.8) is 0 Å². The fourth-order valence-corrected chi connectivity index (χ4v) is 3.28. The van der Waals surface area contributed by atoms with Crippen molar-refractivity contribution in [1.29, 1.82) is 5.41 Å². The van der Waals surface area contributed by atoms with E-state index >= 15 is 0 Å². The molecular formula is C14H12BrClN2S. The molecule has 0 aliphatic rings. The van der Waals surface area contributed by atoms with Gasteiger partial charge in [0.25, 0.3) is 0 Å². The molecule has 3 N–H and O–H groups in total. The molecule has 0 spiro atoms. The summed E-state index contributed by atoms with van der Waals surface area (Å²) in [6, 6.07) is 13.5. The molecule has 0 bridgehead atoms. The van der Waals surface area contributed by atoms with Gasteiger partial charge in [0.15, 0.2) is 0 Å². The summed E-state index contributed by atoms with van der Waals surface area (Å²) in [6.07, 6.45) is 0. The second-order valence-corrected chi connectivity index (χ2v) is 6.34. The van der Waals surface area contributed by atoms with Crippen LogP contribution in [0.25, 0.3) is 0 Å². The van der Waals surface area contributed by atoms with Gasteiger partial charge in [-0.2, -0.15) is 0 Å². The molecule has 0 heterocycles. The van der Waals surface area contributed by atoms with Gasteiger partial charge in [0, 0.05) is 25.7 Å². The number of benzene rings is 2. The number of nitrogens with two attached hydrogens (primary N) is 1. The van der Waals surface area contributed by atoms with Gasteiger partial charge in [0.05, 0.1) is 0 Å². The summed E-state index contributed by atoms with van der Waals surface area (Å²) in [5.41, 5.74) is 7.54. The summed E-state index contributed by atoms with van der Waals surface area (Å²) in [5, 5.41) is 8.33. The number of nitrogens with one attached hydrogen (secondary N) is 1. The highest BCUT2D eigenvalue weighted by Gasteiger charge is 2.07. The maximum Gasteiger partial charge on any atom is 0.123 e. The zero-order valence-electron chi connectivity index (χ0n) is 9.99. The monoisotopic (exact) mass is 354 g/mol. The quantitative estimate of drug-likeness (QED) is 0.475. The fraction of sp³-hybridized carbons (Fsp3) is 0.0714. The summed E-state index contributed by atoms with van der Waals surface area (Å²) in [5.74, 6) is 0.902. The lowest BCUT2D eigenvalue weighted by atomic mass is 10.2. The van der Waals surface area contributed by atoms with Gasteiger partial charge in [0.1, 0.15) is 5.84 Å². The molecule has 2 aromatic carbocycles. The number of amidine groups is 1. The highest BCUT2D eigenvalue weighted by molar-refractivity contribution is 9.10. The minimum atomic E-state index is 0.0890. The minimum Gasteiger partial charge on any atom is -0.384 e. The number of halogens is 2. The largest absolute Gasteiger partial charge is 0.384 e. The van der Waals surface area contributed by atoms with Crippen LogP contribution in [0.3, 0.4) is 0 Å². The summed E-state index contributed by atoms with van der Waals surface area (Å²) in [6.45, 7) is 0. The van der Waals surface area contributed by atoms with Crippen LogP contribution < -0.4 is 5.73 Å². The van der Waals surface area contributed by atoms with Crippen LogP contribution in [0, 0.1) is 5.41 Å². The van der Waals surface area contributed by atoms with E-state index < -0.39 is 0 Å². The SMILES string of the molecule is N=C(N)c1ccc(Br)cc1SCc1ccc(Cl)cc1. The smallest absolute Gasteiger partial charge is 0.123 e. The lowest BCUT2D eigenvalue weighted by molar-refractivity contribution is 1.31. The van der Waals surface area contributed by atoms with Crippen molar-refractivity contribution >= 4 is 45.1 Å².